The van der Waals surface area contributed by atoms with Gasteiger partial charge in [0.15, 0.2) is 11.9 Å². The fraction of sp³-hybridized carbons (Fsp3) is 0.522. The first-order valence-corrected chi connectivity index (χ1v) is 11.8. The van der Waals surface area contributed by atoms with E-state index in [-0.39, 0.29) is 35.7 Å². The number of ether oxygens (including phenoxy) is 2. The van der Waals surface area contributed by atoms with Crippen LogP contribution in [-0.4, -0.2) is 58.7 Å². The fourth-order valence-corrected chi connectivity index (χ4v) is 6.05. The third-order valence-electron chi connectivity index (χ3n) is 7.43. The van der Waals surface area contributed by atoms with Gasteiger partial charge in [-0.15, -0.1) is 13.2 Å². The molecular formula is C23H22ClF3N4O4. The molecule has 2 aliphatic heterocycles. The van der Waals surface area contributed by atoms with Crippen LogP contribution in [0.3, 0.4) is 0 Å². The van der Waals surface area contributed by atoms with Crippen molar-refractivity contribution in [1.82, 2.24) is 15.1 Å². The Morgan fingerprint density at radius 3 is 2.80 bits per heavy atom. The zero-order chi connectivity index (χ0) is 24.6. The summed E-state index contributed by atoms with van der Waals surface area (Å²) in [6.07, 6.45) is -0.560. The van der Waals surface area contributed by atoms with Crippen LogP contribution in [-0.2, 0) is 15.1 Å². The number of anilines is 1. The molecule has 1 amide bonds. The number of Topliss-reactive ketones (excluding diaryl/α,β-unsaturated/α-hetero) is 1. The van der Waals surface area contributed by atoms with Crippen LogP contribution in [0.2, 0.25) is 5.02 Å². The summed E-state index contributed by atoms with van der Waals surface area (Å²) in [4.78, 5) is 27.2. The van der Waals surface area contributed by atoms with E-state index < -0.39 is 18.6 Å². The van der Waals surface area contributed by atoms with Gasteiger partial charge in [-0.05, 0) is 43.9 Å². The SMILES string of the molecule is O=C1C[C@H](C(=O)NC23CC(n4cc(N5CCC(OC(F)(F)F)C5)cn4)(C2)C3)Oc2ccc(Cl)cc21. The maximum absolute atomic E-state index is 12.9. The van der Waals surface area contributed by atoms with E-state index in [1.807, 2.05) is 15.8 Å². The molecule has 4 fully saturated rings. The molecule has 0 radical (unpaired) electrons. The number of amides is 1. The average molecular weight is 511 g/mol. The Morgan fingerprint density at radius 2 is 2.06 bits per heavy atom. The van der Waals surface area contributed by atoms with Gasteiger partial charge in [0, 0.05) is 29.8 Å². The number of ketones is 1. The third kappa shape index (κ3) is 3.94. The Hall–Kier alpha value is -2.79. The number of nitrogens with zero attached hydrogens (tertiary/aromatic N) is 3. The first-order valence-electron chi connectivity index (χ1n) is 11.4. The van der Waals surface area contributed by atoms with Gasteiger partial charge < -0.3 is 15.0 Å². The number of carbonyl (C=O) groups is 2. The molecule has 3 heterocycles. The molecular weight excluding hydrogens is 489 g/mol. The summed E-state index contributed by atoms with van der Waals surface area (Å²) in [5.41, 5.74) is 0.582. The van der Waals surface area contributed by atoms with Gasteiger partial charge in [-0.25, -0.2) is 0 Å². The number of rotatable bonds is 5. The summed E-state index contributed by atoms with van der Waals surface area (Å²) in [6, 6.07) is 4.75. The summed E-state index contributed by atoms with van der Waals surface area (Å²) < 4.78 is 49.2. The molecule has 1 unspecified atom stereocenters. The second-order valence-corrected chi connectivity index (χ2v) is 10.4. The van der Waals surface area contributed by atoms with Crippen molar-refractivity contribution in [3.8, 4) is 5.75 Å². The van der Waals surface area contributed by atoms with Gasteiger partial charge in [-0.1, -0.05) is 11.6 Å². The predicted octanol–water partition coefficient (Wildman–Crippen LogP) is 3.43. The van der Waals surface area contributed by atoms with Crippen LogP contribution in [0.5, 0.6) is 5.75 Å². The van der Waals surface area contributed by atoms with Crippen LogP contribution in [0.15, 0.2) is 30.6 Å². The topological polar surface area (TPSA) is 85.7 Å². The molecule has 35 heavy (non-hydrogen) atoms. The Morgan fingerprint density at radius 1 is 1.29 bits per heavy atom. The van der Waals surface area contributed by atoms with E-state index >= 15 is 0 Å². The van der Waals surface area contributed by atoms with Crippen molar-refractivity contribution < 1.29 is 32.2 Å². The highest BCUT2D eigenvalue weighted by Gasteiger charge is 2.70. The molecule has 2 bridgehead atoms. The number of halogens is 4. The van der Waals surface area contributed by atoms with Crippen LogP contribution < -0.4 is 15.0 Å². The minimum atomic E-state index is -4.64. The number of nitrogens with one attached hydrogen (secondary N) is 1. The molecule has 2 aromatic rings. The van der Waals surface area contributed by atoms with Crippen molar-refractivity contribution in [3.63, 3.8) is 0 Å². The molecule has 2 atom stereocenters. The Bertz CT molecular complexity index is 1200. The highest BCUT2D eigenvalue weighted by molar-refractivity contribution is 6.31. The van der Waals surface area contributed by atoms with Gasteiger partial charge in [0.1, 0.15) is 5.75 Å². The second-order valence-electron chi connectivity index (χ2n) is 9.96. The lowest BCUT2D eigenvalue weighted by Gasteiger charge is -2.70. The van der Waals surface area contributed by atoms with Gasteiger partial charge >= 0.3 is 6.36 Å². The van der Waals surface area contributed by atoms with Crippen LogP contribution in [0.1, 0.15) is 42.5 Å². The molecule has 12 heteroatoms. The standard InChI is InChI=1S/C23H22ClF3N4O4/c24-13-1-2-18-16(5-13)17(32)6-19(34-18)20(33)29-21-10-22(11-21,12-21)31-8-14(7-28-31)30-4-3-15(9-30)35-23(25,26)27/h1-2,5,7-8,15,19H,3-4,6,9-12H2,(H,29,33)/t15?,19-,21?,22?/m1/s1. The van der Waals surface area contributed by atoms with E-state index in [0.29, 0.717) is 48.6 Å². The van der Waals surface area contributed by atoms with E-state index in [9.17, 15) is 22.8 Å². The highest BCUT2D eigenvalue weighted by atomic mass is 35.5. The van der Waals surface area contributed by atoms with Crippen molar-refractivity contribution in [2.75, 3.05) is 18.0 Å². The van der Waals surface area contributed by atoms with Crippen LogP contribution in [0, 0.1) is 0 Å². The molecule has 1 N–H and O–H groups in total. The summed E-state index contributed by atoms with van der Waals surface area (Å²) in [6.45, 7) is 0.627. The zero-order valence-corrected chi connectivity index (χ0v) is 19.2. The number of benzene rings is 1. The molecule has 186 valence electrons. The van der Waals surface area contributed by atoms with Crippen LogP contribution >= 0.6 is 11.6 Å². The average Bonchev–Trinajstić information content (AvgIpc) is 3.38. The van der Waals surface area contributed by atoms with E-state index in [1.165, 1.54) is 0 Å². The quantitative estimate of drug-likeness (QED) is 0.663. The highest BCUT2D eigenvalue weighted by Crippen LogP contribution is 2.65. The first-order chi connectivity index (χ1) is 16.5. The number of hydrogen-bond donors (Lipinski definition) is 1. The van der Waals surface area contributed by atoms with Gasteiger partial charge in [0.25, 0.3) is 5.91 Å². The number of fused-ring (bicyclic) bond motifs is 1. The lowest BCUT2D eigenvalue weighted by Crippen LogP contribution is -2.79. The number of hydrogen-bond acceptors (Lipinski definition) is 6. The predicted molar refractivity (Wildman–Crippen MR) is 117 cm³/mol. The maximum atomic E-state index is 12.9. The molecule has 1 aromatic heterocycles. The molecule has 3 saturated carbocycles. The van der Waals surface area contributed by atoms with Crippen molar-refractivity contribution >= 4 is 29.0 Å². The molecule has 0 spiro atoms. The molecule has 7 rings (SSSR count). The summed E-state index contributed by atoms with van der Waals surface area (Å²) in [5, 5.41) is 7.95. The molecule has 5 aliphatic rings. The Balaban J connectivity index is 1.05. The van der Waals surface area contributed by atoms with Crippen LogP contribution in [0.4, 0.5) is 18.9 Å². The van der Waals surface area contributed by atoms with Crippen LogP contribution in [0.25, 0.3) is 0 Å². The normalized spacial score (nSPS) is 31.3. The number of carbonyl (C=O) groups excluding carboxylic acids is 2. The van der Waals surface area contributed by atoms with Crippen molar-refractivity contribution in [2.24, 2.45) is 0 Å². The minimum Gasteiger partial charge on any atom is -0.479 e. The van der Waals surface area contributed by atoms with Gasteiger partial charge in [0.05, 0.1) is 35.5 Å². The Kier molecular flexibility index (Phi) is 4.92. The largest absolute Gasteiger partial charge is 0.522 e. The lowest BCUT2D eigenvalue weighted by molar-refractivity contribution is -0.339. The fourth-order valence-electron chi connectivity index (χ4n) is 5.88. The van der Waals surface area contributed by atoms with E-state index in [2.05, 4.69) is 15.2 Å². The molecule has 1 saturated heterocycles. The monoisotopic (exact) mass is 510 g/mol. The van der Waals surface area contributed by atoms with Gasteiger partial charge in [-0.2, -0.15) is 5.10 Å². The smallest absolute Gasteiger partial charge is 0.479 e. The summed E-state index contributed by atoms with van der Waals surface area (Å²) in [5.74, 6) is -0.147. The number of aromatic nitrogens is 2. The molecule has 1 aromatic carbocycles. The zero-order valence-electron chi connectivity index (χ0n) is 18.5. The maximum Gasteiger partial charge on any atom is 0.522 e. The number of alkyl halides is 3. The van der Waals surface area contributed by atoms with Crippen molar-refractivity contribution in [1.29, 1.82) is 0 Å². The minimum absolute atomic E-state index is 0.0439. The van der Waals surface area contributed by atoms with Crippen molar-refractivity contribution in [3.05, 3.63) is 41.2 Å². The van der Waals surface area contributed by atoms with E-state index in [0.717, 1.165) is 5.69 Å². The summed E-state index contributed by atoms with van der Waals surface area (Å²) in [7, 11) is 0. The first kappa shape index (κ1) is 22.7. The third-order valence-corrected chi connectivity index (χ3v) is 7.67. The van der Waals surface area contributed by atoms with E-state index in [4.69, 9.17) is 16.3 Å². The molecule has 3 aliphatic carbocycles. The van der Waals surface area contributed by atoms with Gasteiger partial charge in [-0.3, -0.25) is 19.0 Å². The lowest BCUT2D eigenvalue weighted by atomic mass is 9.44. The summed E-state index contributed by atoms with van der Waals surface area (Å²) >= 11 is 5.95. The van der Waals surface area contributed by atoms with E-state index in [1.54, 1.807) is 24.4 Å². The molecule has 8 nitrogen and oxygen atoms in total. The second kappa shape index (κ2) is 7.60. The Labute approximate surface area is 203 Å². The van der Waals surface area contributed by atoms with Gasteiger partial charge in [0.2, 0.25) is 0 Å². The van der Waals surface area contributed by atoms with Crippen molar-refractivity contribution in [2.45, 2.75) is 61.8 Å².